The molecule has 0 aromatic heterocycles. The number of carbonyl (C=O) groups excluding carboxylic acids is 1. The zero-order chi connectivity index (χ0) is 10.2. The summed E-state index contributed by atoms with van der Waals surface area (Å²) in [5.41, 5.74) is 0. The Morgan fingerprint density at radius 1 is 1.36 bits per heavy atom. The molecule has 0 aromatic rings. The van der Waals surface area contributed by atoms with Gasteiger partial charge in [0.15, 0.2) is 0 Å². The van der Waals surface area contributed by atoms with Crippen LogP contribution in [0.15, 0.2) is 0 Å². The van der Waals surface area contributed by atoms with Crippen molar-refractivity contribution in [3.63, 3.8) is 0 Å². The first-order chi connectivity index (χ1) is 6.86. The van der Waals surface area contributed by atoms with Crippen molar-refractivity contribution >= 4 is 6.41 Å². The summed E-state index contributed by atoms with van der Waals surface area (Å²) in [6.45, 7) is 3.06. The Kier molecular flexibility index (Phi) is 5.56. The second-order valence-corrected chi connectivity index (χ2v) is 3.49. The van der Waals surface area contributed by atoms with E-state index in [0.717, 1.165) is 45.6 Å². The quantitative estimate of drug-likeness (QED) is 0.588. The van der Waals surface area contributed by atoms with Crippen LogP contribution in [-0.2, 0) is 14.3 Å². The average molecular weight is 200 g/mol. The van der Waals surface area contributed by atoms with Gasteiger partial charge in [0.1, 0.15) is 0 Å². The molecule has 0 atom stereocenters. The summed E-state index contributed by atoms with van der Waals surface area (Å²) >= 11 is 0. The van der Waals surface area contributed by atoms with Crippen LogP contribution in [0.5, 0.6) is 0 Å². The fraction of sp³-hybridized carbons (Fsp3) is 0.900. The second kappa shape index (κ2) is 6.79. The zero-order valence-electron chi connectivity index (χ0n) is 8.70. The number of amides is 1. The Labute approximate surface area is 85.2 Å². The molecule has 1 rings (SSSR count). The molecule has 0 saturated carbocycles. The molecule has 1 amide bonds. The van der Waals surface area contributed by atoms with Gasteiger partial charge in [-0.25, -0.2) is 0 Å². The predicted molar refractivity (Wildman–Crippen MR) is 52.7 cm³/mol. The predicted octanol–water partition coefficient (Wildman–Crippen LogP) is 0.571. The van der Waals surface area contributed by atoms with Crippen LogP contribution < -0.4 is 0 Å². The van der Waals surface area contributed by atoms with E-state index >= 15 is 0 Å². The lowest BCUT2D eigenvalue weighted by Crippen LogP contribution is -2.36. The number of hydrogen-bond donors (Lipinski definition) is 0. The maximum absolute atomic E-state index is 10.3. The van der Waals surface area contributed by atoms with E-state index in [4.69, 9.17) is 9.47 Å². The minimum atomic E-state index is 0.316. The van der Waals surface area contributed by atoms with Crippen molar-refractivity contribution in [1.82, 2.24) is 4.90 Å². The summed E-state index contributed by atoms with van der Waals surface area (Å²) in [5.74, 6) is 0. The molecule has 1 heterocycles. The van der Waals surface area contributed by atoms with Gasteiger partial charge in [0.05, 0.1) is 6.10 Å². The van der Waals surface area contributed by atoms with Crippen molar-refractivity contribution in [3.05, 3.63) is 0 Å². The summed E-state index contributed by atoms with van der Waals surface area (Å²) in [7, 11) is 1.69. The van der Waals surface area contributed by atoms with Gasteiger partial charge in [-0.1, -0.05) is 0 Å². The normalized spacial score (nSPS) is 18.5. The van der Waals surface area contributed by atoms with E-state index in [2.05, 4.69) is 0 Å². The molecule has 1 radical (unpaired) electrons. The Hall–Kier alpha value is -0.610. The van der Waals surface area contributed by atoms with E-state index in [-0.39, 0.29) is 0 Å². The van der Waals surface area contributed by atoms with Crippen molar-refractivity contribution in [2.24, 2.45) is 0 Å². The van der Waals surface area contributed by atoms with Crippen molar-refractivity contribution in [1.29, 1.82) is 0 Å². The monoisotopic (exact) mass is 200 g/mol. The maximum Gasteiger partial charge on any atom is 0.312 e. The molecule has 1 aliphatic heterocycles. The maximum atomic E-state index is 10.3. The topological polar surface area (TPSA) is 38.8 Å². The van der Waals surface area contributed by atoms with E-state index in [1.165, 1.54) is 0 Å². The van der Waals surface area contributed by atoms with Gasteiger partial charge in [-0.3, -0.25) is 4.79 Å². The Balaban J connectivity index is 2.01. The van der Waals surface area contributed by atoms with Gasteiger partial charge in [-0.05, 0) is 19.3 Å². The van der Waals surface area contributed by atoms with Gasteiger partial charge in [0, 0.05) is 33.4 Å². The lowest BCUT2D eigenvalue weighted by molar-refractivity contribution is 0.0101. The van der Waals surface area contributed by atoms with Crippen LogP contribution in [-0.4, -0.2) is 50.8 Å². The second-order valence-electron chi connectivity index (χ2n) is 3.49. The highest BCUT2D eigenvalue weighted by Crippen LogP contribution is 2.12. The first-order valence-corrected chi connectivity index (χ1v) is 5.10. The standard InChI is InChI=1S/C10H18NO3/c1-13-7-2-8-14-10-3-5-11(9-12)6-4-10/h10H,2-8H2,1H3. The third-order valence-electron chi connectivity index (χ3n) is 2.42. The molecule has 0 N–H and O–H groups in total. The highest BCUT2D eigenvalue weighted by molar-refractivity contribution is 5.48. The third kappa shape index (κ3) is 4.07. The van der Waals surface area contributed by atoms with Crippen LogP contribution in [0, 0.1) is 0 Å². The summed E-state index contributed by atoms with van der Waals surface area (Å²) in [5, 5.41) is 0. The molecule has 0 bridgehead atoms. The molecule has 0 unspecified atom stereocenters. The number of rotatable bonds is 6. The first-order valence-electron chi connectivity index (χ1n) is 5.10. The molecule has 1 saturated heterocycles. The Bertz CT molecular complexity index is 155. The highest BCUT2D eigenvalue weighted by atomic mass is 16.5. The molecule has 1 aliphatic rings. The van der Waals surface area contributed by atoms with Gasteiger partial charge in [-0.2, -0.15) is 0 Å². The van der Waals surface area contributed by atoms with Crippen molar-refractivity contribution in [2.75, 3.05) is 33.4 Å². The van der Waals surface area contributed by atoms with Crippen LogP contribution in [0.2, 0.25) is 0 Å². The van der Waals surface area contributed by atoms with Crippen LogP contribution >= 0.6 is 0 Å². The summed E-state index contributed by atoms with van der Waals surface area (Å²) in [6.07, 6.45) is 5.03. The van der Waals surface area contributed by atoms with Crippen LogP contribution in [0.1, 0.15) is 19.3 Å². The number of likely N-dealkylation sites (tertiary alicyclic amines) is 1. The smallest absolute Gasteiger partial charge is 0.312 e. The fourth-order valence-corrected chi connectivity index (χ4v) is 1.57. The van der Waals surface area contributed by atoms with E-state index in [1.807, 2.05) is 6.41 Å². The van der Waals surface area contributed by atoms with Gasteiger partial charge in [0.2, 0.25) is 0 Å². The number of methoxy groups -OCH3 is 1. The van der Waals surface area contributed by atoms with Crippen LogP contribution in [0.25, 0.3) is 0 Å². The molecule has 4 heteroatoms. The largest absolute Gasteiger partial charge is 0.385 e. The lowest BCUT2D eigenvalue weighted by Gasteiger charge is -2.28. The molecule has 0 spiro atoms. The molecular formula is C10H18NO3. The minimum absolute atomic E-state index is 0.316. The molecule has 1 fully saturated rings. The number of hydrogen-bond acceptors (Lipinski definition) is 3. The van der Waals surface area contributed by atoms with Crippen molar-refractivity contribution in [3.8, 4) is 0 Å². The summed E-state index contributed by atoms with van der Waals surface area (Å²) in [6, 6.07) is 0. The van der Waals surface area contributed by atoms with Crippen LogP contribution in [0.4, 0.5) is 0 Å². The molecular weight excluding hydrogens is 182 g/mol. The lowest BCUT2D eigenvalue weighted by atomic mass is 10.1. The Morgan fingerprint density at radius 3 is 2.64 bits per heavy atom. The van der Waals surface area contributed by atoms with Gasteiger partial charge >= 0.3 is 6.41 Å². The Morgan fingerprint density at radius 2 is 2.07 bits per heavy atom. The fourth-order valence-electron chi connectivity index (χ4n) is 1.57. The average Bonchev–Trinajstić information content (AvgIpc) is 2.25. The summed E-state index contributed by atoms with van der Waals surface area (Å²) < 4.78 is 10.6. The van der Waals surface area contributed by atoms with E-state index in [1.54, 1.807) is 12.0 Å². The number of ether oxygens (including phenoxy) is 2. The SMILES string of the molecule is COCCCOC1CCN([C]=O)CC1. The summed E-state index contributed by atoms with van der Waals surface area (Å²) in [4.78, 5) is 12.0. The van der Waals surface area contributed by atoms with Gasteiger partial charge in [0.25, 0.3) is 0 Å². The first kappa shape index (κ1) is 11.5. The molecule has 81 valence electrons. The van der Waals surface area contributed by atoms with E-state index in [9.17, 15) is 4.79 Å². The number of piperidine rings is 1. The van der Waals surface area contributed by atoms with Crippen LogP contribution in [0.3, 0.4) is 0 Å². The molecule has 0 aromatic carbocycles. The van der Waals surface area contributed by atoms with Gasteiger partial charge in [-0.15, -0.1) is 0 Å². The number of nitrogens with zero attached hydrogens (tertiary/aromatic N) is 1. The van der Waals surface area contributed by atoms with E-state index < -0.39 is 0 Å². The van der Waals surface area contributed by atoms with Gasteiger partial charge < -0.3 is 14.4 Å². The van der Waals surface area contributed by atoms with Crippen molar-refractivity contribution < 1.29 is 14.3 Å². The zero-order valence-corrected chi connectivity index (χ0v) is 8.70. The molecule has 0 aliphatic carbocycles. The highest BCUT2D eigenvalue weighted by Gasteiger charge is 2.18. The van der Waals surface area contributed by atoms with Crippen molar-refractivity contribution in [2.45, 2.75) is 25.4 Å². The third-order valence-corrected chi connectivity index (χ3v) is 2.42. The molecule has 4 nitrogen and oxygen atoms in total. The molecule has 14 heavy (non-hydrogen) atoms. The minimum Gasteiger partial charge on any atom is -0.385 e. The van der Waals surface area contributed by atoms with E-state index in [0.29, 0.717) is 6.10 Å².